The lowest BCUT2D eigenvalue weighted by Gasteiger charge is -2.20. The fourth-order valence-electron chi connectivity index (χ4n) is 4.00. The van der Waals surface area contributed by atoms with Crippen molar-refractivity contribution < 1.29 is 33.3 Å². The molecule has 3 rings (SSSR count). The molecule has 2 aromatic carbocycles. The number of hydrogen-bond donors (Lipinski definition) is 1. The summed E-state index contributed by atoms with van der Waals surface area (Å²) >= 11 is 0. The van der Waals surface area contributed by atoms with E-state index in [2.05, 4.69) is 5.32 Å². The van der Waals surface area contributed by atoms with Gasteiger partial charge in [0, 0.05) is 12.5 Å². The zero-order chi connectivity index (χ0) is 24.1. The Hall–Kier alpha value is -3.75. The van der Waals surface area contributed by atoms with E-state index in [1.54, 1.807) is 25.1 Å². The summed E-state index contributed by atoms with van der Waals surface area (Å²) in [5, 5.41) is 2.92. The Labute approximate surface area is 191 Å². The van der Waals surface area contributed by atoms with Gasteiger partial charge in [-0.3, -0.25) is 9.59 Å². The van der Waals surface area contributed by atoms with Crippen molar-refractivity contribution in [1.29, 1.82) is 0 Å². The summed E-state index contributed by atoms with van der Waals surface area (Å²) in [4.78, 5) is 36.8. The first kappa shape index (κ1) is 23.9. The summed E-state index contributed by atoms with van der Waals surface area (Å²) in [6, 6.07) is 6.09. The molecule has 0 aromatic heterocycles. The lowest BCUT2D eigenvalue weighted by atomic mass is 9.95. The maximum absolute atomic E-state index is 12.7. The summed E-state index contributed by atoms with van der Waals surface area (Å²) in [6.45, 7) is 3.23. The van der Waals surface area contributed by atoms with Crippen LogP contribution in [0.4, 0.5) is 4.79 Å². The molecular formula is C24H27NO8. The van der Waals surface area contributed by atoms with Crippen molar-refractivity contribution in [2.24, 2.45) is 0 Å². The number of ether oxygens (including phenoxy) is 5. The van der Waals surface area contributed by atoms with Gasteiger partial charge < -0.3 is 29.0 Å². The van der Waals surface area contributed by atoms with Gasteiger partial charge in [-0.05, 0) is 54.7 Å². The Kier molecular flexibility index (Phi) is 7.42. The van der Waals surface area contributed by atoms with Gasteiger partial charge in [0.2, 0.25) is 17.1 Å². The largest absolute Gasteiger partial charge is 0.514 e. The van der Waals surface area contributed by atoms with Crippen molar-refractivity contribution in [3.8, 4) is 34.1 Å². The Morgan fingerprint density at radius 3 is 2.36 bits per heavy atom. The van der Waals surface area contributed by atoms with Crippen molar-refractivity contribution in [2.45, 2.75) is 32.7 Å². The van der Waals surface area contributed by atoms with Gasteiger partial charge in [-0.2, -0.15) is 0 Å². The van der Waals surface area contributed by atoms with E-state index in [9.17, 15) is 14.4 Å². The molecule has 0 spiro atoms. The summed E-state index contributed by atoms with van der Waals surface area (Å²) in [7, 11) is 4.32. The smallest absolute Gasteiger partial charge is 0.493 e. The zero-order valence-corrected chi connectivity index (χ0v) is 19.3. The van der Waals surface area contributed by atoms with Crippen LogP contribution in [0.1, 0.15) is 37.4 Å². The van der Waals surface area contributed by atoms with E-state index in [1.165, 1.54) is 34.3 Å². The van der Waals surface area contributed by atoms with Crippen LogP contribution >= 0.6 is 0 Å². The maximum Gasteiger partial charge on any atom is 0.514 e. The molecule has 0 bridgehead atoms. The van der Waals surface area contributed by atoms with E-state index in [0.29, 0.717) is 35.3 Å². The summed E-state index contributed by atoms with van der Waals surface area (Å²) < 4.78 is 26.8. The first-order valence-electron chi connectivity index (χ1n) is 10.5. The predicted octanol–water partition coefficient (Wildman–Crippen LogP) is 3.40. The minimum atomic E-state index is -0.902. The van der Waals surface area contributed by atoms with E-state index in [-0.39, 0.29) is 35.2 Å². The molecular weight excluding hydrogens is 430 g/mol. The van der Waals surface area contributed by atoms with Gasteiger partial charge in [-0.1, -0.05) is 6.07 Å². The second-order valence-electron chi connectivity index (χ2n) is 7.33. The SMILES string of the molecule is CCOC(=O)Oc1c(OC)cc2c(c1OC)-c1ccc(OC)c(=O)cc1C(NC(C)=O)CC2. The lowest BCUT2D eigenvalue weighted by molar-refractivity contribution is -0.119. The Balaban J connectivity index is 2.36. The van der Waals surface area contributed by atoms with E-state index in [0.717, 1.165) is 5.56 Å². The minimum Gasteiger partial charge on any atom is -0.493 e. The quantitative estimate of drug-likeness (QED) is 0.519. The van der Waals surface area contributed by atoms with Crippen LogP contribution in [-0.2, 0) is 16.0 Å². The molecule has 2 aromatic rings. The highest BCUT2D eigenvalue weighted by Crippen LogP contribution is 2.50. The first-order valence-corrected chi connectivity index (χ1v) is 10.5. The number of nitrogens with one attached hydrogen (secondary N) is 1. The topological polar surface area (TPSA) is 109 Å². The van der Waals surface area contributed by atoms with Gasteiger partial charge in [0.15, 0.2) is 17.2 Å². The fraction of sp³-hybridized carbons (Fsp3) is 0.375. The third-order valence-corrected chi connectivity index (χ3v) is 5.34. The van der Waals surface area contributed by atoms with Crippen molar-refractivity contribution in [1.82, 2.24) is 5.32 Å². The molecule has 1 amide bonds. The molecule has 0 heterocycles. The van der Waals surface area contributed by atoms with Gasteiger partial charge in [0.05, 0.1) is 34.0 Å². The molecule has 1 aliphatic carbocycles. The normalized spacial score (nSPS) is 14.2. The summed E-state index contributed by atoms with van der Waals surface area (Å²) in [5.41, 5.74) is 2.37. The van der Waals surface area contributed by atoms with Crippen LogP contribution < -0.4 is 29.7 Å². The van der Waals surface area contributed by atoms with Gasteiger partial charge in [-0.15, -0.1) is 0 Å². The standard InChI is InChI=1S/C24H27NO8/c1-6-32-24(28)33-22-20(30-4)11-14-7-9-17(25-13(2)26)16-12-18(27)19(29-3)10-8-15(16)21(14)23(22)31-5/h8,10-12,17H,6-7,9H2,1-5H3,(H,25,26). The van der Waals surface area contributed by atoms with E-state index >= 15 is 0 Å². The number of rotatable bonds is 6. The third-order valence-electron chi connectivity index (χ3n) is 5.34. The molecule has 176 valence electrons. The van der Waals surface area contributed by atoms with Crippen LogP contribution in [0.2, 0.25) is 0 Å². The van der Waals surface area contributed by atoms with E-state index in [4.69, 9.17) is 23.7 Å². The van der Waals surface area contributed by atoms with Gasteiger partial charge in [0.1, 0.15) is 0 Å². The first-order chi connectivity index (χ1) is 15.8. The molecule has 0 aliphatic heterocycles. The molecule has 1 unspecified atom stereocenters. The summed E-state index contributed by atoms with van der Waals surface area (Å²) in [6.07, 6.45) is 0.160. The third kappa shape index (κ3) is 4.87. The molecule has 9 nitrogen and oxygen atoms in total. The average Bonchev–Trinajstić information content (AvgIpc) is 3.02. The number of methoxy groups -OCH3 is 3. The Morgan fingerprint density at radius 1 is 1.03 bits per heavy atom. The van der Waals surface area contributed by atoms with Crippen LogP contribution in [0, 0.1) is 0 Å². The molecule has 1 N–H and O–H groups in total. The number of carbonyl (C=O) groups excluding carboxylic acids is 2. The van der Waals surface area contributed by atoms with Crippen LogP contribution in [0.15, 0.2) is 29.1 Å². The molecule has 1 aliphatic rings. The Bertz CT molecular complexity index is 1130. The second kappa shape index (κ2) is 10.2. The van der Waals surface area contributed by atoms with Crippen molar-refractivity contribution in [3.63, 3.8) is 0 Å². The number of hydrogen-bond acceptors (Lipinski definition) is 8. The average molecular weight is 457 g/mol. The molecule has 0 fully saturated rings. The van der Waals surface area contributed by atoms with Gasteiger partial charge in [-0.25, -0.2) is 4.79 Å². The molecule has 1 atom stereocenters. The highest BCUT2D eigenvalue weighted by atomic mass is 16.7. The van der Waals surface area contributed by atoms with Crippen molar-refractivity contribution >= 4 is 12.1 Å². The lowest BCUT2D eigenvalue weighted by Crippen LogP contribution is -2.26. The molecule has 0 saturated carbocycles. The van der Waals surface area contributed by atoms with Crippen LogP contribution in [0.5, 0.6) is 23.0 Å². The number of benzene rings is 1. The predicted molar refractivity (Wildman–Crippen MR) is 120 cm³/mol. The van der Waals surface area contributed by atoms with Crippen molar-refractivity contribution in [2.75, 3.05) is 27.9 Å². The van der Waals surface area contributed by atoms with Crippen LogP contribution in [-0.4, -0.2) is 40.0 Å². The monoisotopic (exact) mass is 457 g/mol. The fourth-order valence-corrected chi connectivity index (χ4v) is 4.00. The Morgan fingerprint density at radius 2 is 1.76 bits per heavy atom. The van der Waals surface area contributed by atoms with Crippen LogP contribution in [0.25, 0.3) is 11.1 Å². The number of fused-ring (bicyclic) bond motifs is 3. The van der Waals surface area contributed by atoms with Crippen molar-refractivity contribution in [3.05, 3.63) is 45.6 Å². The summed E-state index contributed by atoms with van der Waals surface area (Å²) in [5.74, 6) is 0.530. The minimum absolute atomic E-state index is 0.0574. The number of amides is 1. The number of aryl methyl sites for hydroxylation is 1. The molecule has 9 heteroatoms. The number of carbonyl (C=O) groups is 2. The molecule has 0 radical (unpaired) electrons. The highest BCUT2D eigenvalue weighted by molar-refractivity contribution is 5.84. The zero-order valence-electron chi connectivity index (χ0n) is 19.3. The van der Waals surface area contributed by atoms with Crippen LogP contribution in [0.3, 0.4) is 0 Å². The molecule has 33 heavy (non-hydrogen) atoms. The highest BCUT2D eigenvalue weighted by Gasteiger charge is 2.30. The van der Waals surface area contributed by atoms with E-state index in [1.807, 2.05) is 0 Å². The van der Waals surface area contributed by atoms with Gasteiger partial charge >= 0.3 is 6.16 Å². The van der Waals surface area contributed by atoms with Gasteiger partial charge in [0.25, 0.3) is 0 Å². The second-order valence-corrected chi connectivity index (χ2v) is 7.33. The molecule has 0 saturated heterocycles. The van der Waals surface area contributed by atoms with E-state index < -0.39 is 12.2 Å². The maximum atomic E-state index is 12.7.